The third-order valence-corrected chi connectivity index (χ3v) is 5.87. The lowest BCUT2D eigenvalue weighted by Crippen LogP contribution is -2.23. The minimum absolute atomic E-state index is 0.604. The molecule has 0 heterocycles. The van der Waals surface area contributed by atoms with Gasteiger partial charge in [0.2, 0.25) is 0 Å². The molecule has 0 radical (unpaired) electrons. The van der Waals surface area contributed by atoms with Gasteiger partial charge in [0.1, 0.15) is 0 Å². The largest absolute Gasteiger partial charge is 0.0998 e. The van der Waals surface area contributed by atoms with Crippen LogP contribution in [0.3, 0.4) is 0 Å². The van der Waals surface area contributed by atoms with Gasteiger partial charge in [0.05, 0.1) is 0 Å². The van der Waals surface area contributed by atoms with E-state index in [0.29, 0.717) is 11.8 Å². The molecule has 0 N–H and O–H groups in total. The molecule has 0 saturated carbocycles. The van der Waals surface area contributed by atoms with Crippen LogP contribution < -0.4 is 0 Å². The fourth-order valence-electron chi connectivity index (χ4n) is 3.86. The molecule has 0 nitrogen and oxygen atoms in total. The van der Waals surface area contributed by atoms with E-state index in [9.17, 15) is 0 Å². The Balaban J connectivity index is 4.79. The van der Waals surface area contributed by atoms with Crippen molar-refractivity contribution in [2.75, 3.05) is 0 Å². The molecular formula is C23H44. The van der Waals surface area contributed by atoms with Gasteiger partial charge < -0.3 is 0 Å². The lowest BCUT2D eigenvalue weighted by Gasteiger charge is -2.33. The summed E-state index contributed by atoms with van der Waals surface area (Å²) in [6.45, 7) is 25.2. The van der Waals surface area contributed by atoms with E-state index in [4.69, 9.17) is 0 Å². The van der Waals surface area contributed by atoms with Gasteiger partial charge in [0.15, 0.2) is 0 Å². The highest BCUT2D eigenvalue weighted by Crippen LogP contribution is 2.37. The van der Waals surface area contributed by atoms with Crippen LogP contribution in [0.5, 0.6) is 0 Å². The summed E-state index contributed by atoms with van der Waals surface area (Å²) in [5, 5.41) is 0. The third kappa shape index (κ3) is 8.23. The van der Waals surface area contributed by atoms with E-state index in [0.717, 1.165) is 24.2 Å². The van der Waals surface area contributed by atoms with E-state index in [1.54, 1.807) is 0 Å². The quantitative estimate of drug-likeness (QED) is 0.238. The van der Waals surface area contributed by atoms with Crippen LogP contribution in [0, 0.1) is 29.6 Å². The van der Waals surface area contributed by atoms with Gasteiger partial charge in [-0.25, -0.2) is 0 Å². The van der Waals surface area contributed by atoms with E-state index >= 15 is 0 Å². The third-order valence-electron chi connectivity index (χ3n) is 5.87. The normalized spacial score (nSPS) is 16.9. The molecule has 0 saturated heterocycles. The van der Waals surface area contributed by atoms with Gasteiger partial charge in [-0.05, 0) is 49.4 Å². The molecule has 0 aliphatic carbocycles. The fourth-order valence-corrected chi connectivity index (χ4v) is 3.86. The molecule has 0 amide bonds. The van der Waals surface area contributed by atoms with Crippen LogP contribution in [-0.2, 0) is 0 Å². The zero-order chi connectivity index (χ0) is 18.0. The van der Waals surface area contributed by atoms with Crippen LogP contribution in [-0.4, -0.2) is 0 Å². The maximum atomic E-state index is 4.49. The topological polar surface area (TPSA) is 0 Å². The number of unbranched alkanes of at least 4 members (excludes halogenated alkanes) is 2. The Labute approximate surface area is 147 Å². The van der Waals surface area contributed by atoms with Crippen LogP contribution in [0.4, 0.5) is 0 Å². The van der Waals surface area contributed by atoms with Gasteiger partial charge in [-0.1, -0.05) is 98.0 Å². The summed E-state index contributed by atoms with van der Waals surface area (Å²) < 4.78 is 0. The van der Waals surface area contributed by atoms with Crippen molar-refractivity contribution in [1.29, 1.82) is 0 Å². The Hall–Kier alpha value is -0.520. The van der Waals surface area contributed by atoms with Crippen molar-refractivity contribution in [2.45, 2.75) is 93.4 Å². The van der Waals surface area contributed by atoms with Crippen molar-refractivity contribution in [2.24, 2.45) is 29.6 Å². The zero-order valence-electron chi connectivity index (χ0n) is 17.3. The minimum Gasteiger partial charge on any atom is -0.0998 e. The Morgan fingerprint density at radius 1 is 0.870 bits per heavy atom. The molecule has 4 atom stereocenters. The van der Waals surface area contributed by atoms with E-state index in [1.807, 2.05) is 0 Å². The van der Waals surface area contributed by atoms with Crippen molar-refractivity contribution in [1.82, 2.24) is 0 Å². The zero-order valence-corrected chi connectivity index (χ0v) is 17.3. The maximum Gasteiger partial charge on any atom is -0.0141 e. The Morgan fingerprint density at radius 3 is 1.91 bits per heavy atom. The molecule has 136 valence electrons. The van der Waals surface area contributed by atoms with Crippen LogP contribution in [0.2, 0.25) is 0 Å². The number of rotatable bonds is 13. The highest BCUT2D eigenvalue weighted by Gasteiger charge is 2.27. The summed E-state index contributed by atoms with van der Waals surface area (Å²) in [7, 11) is 0. The van der Waals surface area contributed by atoms with Crippen molar-refractivity contribution >= 4 is 0 Å². The molecule has 23 heavy (non-hydrogen) atoms. The first-order valence-electron chi connectivity index (χ1n) is 10.1. The first-order chi connectivity index (χ1) is 10.8. The summed E-state index contributed by atoms with van der Waals surface area (Å²) in [5.41, 5.74) is 2.80. The molecule has 0 aliphatic rings. The van der Waals surface area contributed by atoms with Crippen LogP contribution >= 0.6 is 0 Å². The molecule has 0 aromatic carbocycles. The number of allylic oxidation sites excluding steroid dienone is 2. The van der Waals surface area contributed by atoms with E-state index in [-0.39, 0.29) is 0 Å². The summed E-state index contributed by atoms with van der Waals surface area (Å²) in [6, 6.07) is 0. The van der Waals surface area contributed by atoms with Gasteiger partial charge in [-0.3, -0.25) is 0 Å². The second-order valence-corrected chi connectivity index (χ2v) is 8.27. The van der Waals surface area contributed by atoms with Crippen molar-refractivity contribution in [3.63, 3.8) is 0 Å². The van der Waals surface area contributed by atoms with Gasteiger partial charge >= 0.3 is 0 Å². The van der Waals surface area contributed by atoms with Crippen LogP contribution in [0.15, 0.2) is 24.3 Å². The SMILES string of the molecule is C=C(CC(C(=C)C)[C@H](CCC)C(C)C)C(C)C(C)CCCCC. The molecule has 0 bridgehead atoms. The second-order valence-electron chi connectivity index (χ2n) is 8.27. The van der Waals surface area contributed by atoms with Gasteiger partial charge in [0, 0.05) is 0 Å². The smallest absolute Gasteiger partial charge is 0.0141 e. The molecule has 0 aliphatic heterocycles. The first kappa shape index (κ1) is 22.5. The number of hydrogen-bond donors (Lipinski definition) is 0. The summed E-state index contributed by atoms with van der Waals surface area (Å²) in [5.74, 6) is 3.46. The van der Waals surface area contributed by atoms with Gasteiger partial charge in [-0.15, -0.1) is 0 Å². The molecule has 3 unspecified atom stereocenters. The van der Waals surface area contributed by atoms with Crippen molar-refractivity contribution < 1.29 is 0 Å². The Morgan fingerprint density at radius 2 is 1.48 bits per heavy atom. The summed E-state index contributed by atoms with van der Waals surface area (Å²) in [6.07, 6.45) is 9.09. The molecule has 0 heteroatoms. The monoisotopic (exact) mass is 320 g/mol. The highest BCUT2D eigenvalue weighted by atomic mass is 14.3. The molecule has 0 spiro atoms. The number of hydrogen-bond acceptors (Lipinski definition) is 0. The predicted molar refractivity (Wildman–Crippen MR) is 108 cm³/mol. The summed E-state index contributed by atoms with van der Waals surface area (Å²) >= 11 is 0. The Kier molecular flexibility index (Phi) is 11.7. The van der Waals surface area contributed by atoms with E-state index in [1.165, 1.54) is 49.7 Å². The molecule has 0 aromatic rings. The average Bonchev–Trinajstić information content (AvgIpc) is 2.49. The van der Waals surface area contributed by atoms with Gasteiger partial charge in [0.25, 0.3) is 0 Å². The maximum absolute atomic E-state index is 4.49. The minimum atomic E-state index is 0.604. The average molecular weight is 321 g/mol. The lowest BCUT2D eigenvalue weighted by atomic mass is 9.72. The van der Waals surface area contributed by atoms with Crippen molar-refractivity contribution in [3.05, 3.63) is 24.3 Å². The Bertz CT molecular complexity index is 336. The highest BCUT2D eigenvalue weighted by molar-refractivity contribution is 5.10. The molecule has 0 fully saturated rings. The fraction of sp³-hybridized carbons (Fsp3) is 0.826. The lowest BCUT2D eigenvalue weighted by molar-refractivity contribution is 0.255. The standard InChI is InChI=1S/C23H44/c1-10-12-13-15-19(7)21(9)20(8)16-23(18(5)6)22(14-11-2)17(3)4/h17,19,21-23H,5,8,10-16H2,1-4,6-7,9H3/t19?,21?,22-,23?/m1/s1. The molecule has 0 aromatic heterocycles. The van der Waals surface area contributed by atoms with E-state index in [2.05, 4.69) is 61.6 Å². The van der Waals surface area contributed by atoms with E-state index < -0.39 is 0 Å². The van der Waals surface area contributed by atoms with Crippen molar-refractivity contribution in [3.8, 4) is 0 Å². The molecule has 0 rings (SSSR count). The first-order valence-corrected chi connectivity index (χ1v) is 10.1. The van der Waals surface area contributed by atoms with Crippen LogP contribution in [0.25, 0.3) is 0 Å². The van der Waals surface area contributed by atoms with Gasteiger partial charge in [-0.2, -0.15) is 0 Å². The molecular weight excluding hydrogens is 276 g/mol. The summed E-state index contributed by atoms with van der Waals surface area (Å²) in [4.78, 5) is 0. The second kappa shape index (κ2) is 11.9. The predicted octanol–water partition coefficient (Wildman–Crippen LogP) is 8.05. The van der Waals surface area contributed by atoms with Crippen LogP contribution in [0.1, 0.15) is 93.4 Å².